The van der Waals surface area contributed by atoms with Crippen molar-refractivity contribution in [3.8, 4) is 0 Å². The number of nitrogens with one attached hydrogen (secondary N) is 2. The number of hydrogen-bond acceptors (Lipinski definition) is 3. The molecule has 0 amide bonds. The molecule has 0 bridgehead atoms. The normalized spacial score (nSPS) is 11.3. The minimum absolute atomic E-state index is 1.01. The fraction of sp³-hybridized carbons (Fsp3) is 0.235. The van der Waals surface area contributed by atoms with Crippen LogP contribution in [0.2, 0.25) is 0 Å². The summed E-state index contributed by atoms with van der Waals surface area (Å²) in [7, 11) is 3.84. The molecule has 2 N–H and O–H groups in total. The van der Waals surface area contributed by atoms with Crippen LogP contribution < -0.4 is 10.6 Å². The average molecular weight is 267 g/mol. The van der Waals surface area contributed by atoms with Crippen LogP contribution in [0, 0.1) is 6.92 Å². The molecule has 0 saturated carbocycles. The Morgan fingerprint density at radius 1 is 0.900 bits per heavy atom. The van der Waals surface area contributed by atoms with E-state index in [1.54, 1.807) is 0 Å². The van der Waals surface area contributed by atoms with Gasteiger partial charge < -0.3 is 10.6 Å². The molecule has 0 fully saturated rings. The van der Waals surface area contributed by atoms with E-state index in [0.717, 1.165) is 28.3 Å². The van der Waals surface area contributed by atoms with Crippen LogP contribution in [0.3, 0.4) is 0 Å². The molecule has 3 heteroatoms. The van der Waals surface area contributed by atoms with Gasteiger partial charge >= 0.3 is 0 Å². The third-order valence-electron chi connectivity index (χ3n) is 3.38. The summed E-state index contributed by atoms with van der Waals surface area (Å²) in [6, 6.07) is 14.5. The Morgan fingerprint density at radius 3 is 2.10 bits per heavy atom. The lowest BCUT2D eigenvalue weighted by atomic mass is 10.1. The first-order chi connectivity index (χ1) is 9.63. The zero-order valence-electron chi connectivity index (χ0n) is 12.5. The molecule has 0 aromatic heterocycles. The van der Waals surface area contributed by atoms with Crippen LogP contribution in [0.5, 0.6) is 0 Å². The number of nitrogens with zero attached hydrogens (tertiary/aromatic N) is 1. The standard InChI is InChI=1S/C17H21N3/c1-12-5-8-16(19-4)11-17(12)20-13(2)14-6-9-15(18-3)10-7-14/h5-11,18-19H,1-4H3. The maximum Gasteiger partial charge on any atom is 0.0682 e. The third-order valence-corrected chi connectivity index (χ3v) is 3.38. The highest BCUT2D eigenvalue weighted by Crippen LogP contribution is 2.24. The average Bonchev–Trinajstić information content (AvgIpc) is 2.49. The second-order valence-electron chi connectivity index (χ2n) is 4.78. The second kappa shape index (κ2) is 6.24. The lowest BCUT2D eigenvalue weighted by molar-refractivity contribution is 1.37. The number of aliphatic imine (C=N–C) groups is 1. The van der Waals surface area contributed by atoms with Crippen LogP contribution in [0.25, 0.3) is 0 Å². The Hall–Kier alpha value is -2.29. The minimum Gasteiger partial charge on any atom is -0.388 e. The molecule has 0 aliphatic carbocycles. The van der Waals surface area contributed by atoms with Crippen LogP contribution in [0.1, 0.15) is 18.1 Å². The smallest absolute Gasteiger partial charge is 0.0682 e. The van der Waals surface area contributed by atoms with E-state index in [1.807, 2.05) is 21.0 Å². The van der Waals surface area contributed by atoms with Crippen LogP contribution in [-0.4, -0.2) is 19.8 Å². The van der Waals surface area contributed by atoms with Gasteiger partial charge in [0.15, 0.2) is 0 Å². The molecule has 104 valence electrons. The maximum absolute atomic E-state index is 4.75. The molecule has 0 unspecified atom stereocenters. The Bertz CT molecular complexity index is 613. The highest BCUT2D eigenvalue weighted by atomic mass is 14.8. The Morgan fingerprint density at radius 2 is 1.50 bits per heavy atom. The largest absolute Gasteiger partial charge is 0.388 e. The van der Waals surface area contributed by atoms with Gasteiger partial charge in [0.2, 0.25) is 0 Å². The van der Waals surface area contributed by atoms with E-state index in [-0.39, 0.29) is 0 Å². The molecule has 0 heterocycles. The van der Waals surface area contributed by atoms with E-state index in [2.05, 4.69) is 60.0 Å². The van der Waals surface area contributed by atoms with Crippen molar-refractivity contribution in [2.24, 2.45) is 4.99 Å². The van der Waals surface area contributed by atoms with E-state index >= 15 is 0 Å². The fourth-order valence-corrected chi connectivity index (χ4v) is 2.01. The molecule has 0 radical (unpaired) electrons. The first kappa shape index (κ1) is 14.1. The van der Waals surface area contributed by atoms with Gasteiger partial charge in [0.25, 0.3) is 0 Å². The van der Waals surface area contributed by atoms with Crippen LogP contribution in [0.15, 0.2) is 47.5 Å². The molecule has 0 saturated heterocycles. The molecular weight excluding hydrogens is 246 g/mol. The quantitative estimate of drug-likeness (QED) is 0.814. The molecular formula is C17H21N3. The molecule has 2 rings (SSSR count). The van der Waals surface area contributed by atoms with E-state index in [4.69, 9.17) is 4.99 Å². The summed E-state index contributed by atoms with van der Waals surface area (Å²) < 4.78 is 0. The Labute approximate surface area is 120 Å². The van der Waals surface area contributed by atoms with Crippen LogP contribution in [-0.2, 0) is 0 Å². The SMILES string of the molecule is CNc1ccc(C(C)=Nc2cc(NC)ccc2C)cc1. The Balaban J connectivity index is 2.33. The van der Waals surface area contributed by atoms with Gasteiger partial charge in [-0.2, -0.15) is 0 Å². The summed E-state index contributed by atoms with van der Waals surface area (Å²) >= 11 is 0. The van der Waals surface area contributed by atoms with Gasteiger partial charge in [0, 0.05) is 31.2 Å². The molecule has 0 aliphatic rings. The third kappa shape index (κ3) is 3.18. The van der Waals surface area contributed by atoms with Crippen molar-refractivity contribution in [2.75, 3.05) is 24.7 Å². The zero-order chi connectivity index (χ0) is 14.5. The van der Waals surface area contributed by atoms with Crippen molar-refractivity contribution in [1.82, 2.24) is 0 Å². The lowest BCUT2D eigenvalue weighted by Crippen LogP contribution is -1.96. The topological polar surface area (TPSA) is 36.4 Å². The van der Waals surface area contributed by atoms with Gasteiger partial charge in [-0.1, -0.05) is 18.2 Å². The Kier molecular flexibility index (Phi) is 4.41. The molecule has 0 atom stereocenters. The molecule has 0 aliphatic heterocycles. The first-order valence-electron chi connectivity index (χ1n) is 6.76. The van der Waals surface area contributed by atoms with Gasteiger partial charge in [-0.3, -0.25) is 4.99 Å². The van der Waals surface area contributed by atoms with E-state index in [1.165, 1.54) is 5.56 Å². The summed E-state index contributed by atoms with van der Waals surface area (Å²) in [6.07, 6.45) is 0. The number of anilines is 2. The van der Waals surface area contributed by atoms with Gasteiger partial charge in [-0.25, -0.2) is 0 Å². The summed E-state index contributed by atoms with van der Waals surface area (Å²) in [5.74, 6) is 0. The van der Waals surface area contributed by atoms with Gasteiger partial charge in [-0.05, 0) is 49.2 Å². The molecule has 2 aromatic carbocycles. The highest BCUT2D eigenvalue weighted by Gasteiger charge is 2.02. The predicted octanol–water partition coefficient (Wildman–Crippen LogP) is 4.22. The number of rotatable bonds is 4. The lowest BCUT2D eigenvalue weighted by Gasteiger charge is -2.07. The van der Waals surface area contributed by atoms with Gasteiger partial charge in [0.05, 0.1) is 5.69 Å². The summed E-state index contributed by atoms with van der Waals surface area (Å²) in [5, 5.41) is 6.26. The predicted molar refractivity (Wildman–Crippen MR) is 88.6 cm³/mol. The fourth-order valence-electron chi connectivity index (χ4n) is 2.01. The van der Waals surface area contributed by atoms with Crippen molar-refractivity contribution < 1.29 is 0 Å². The van der Waals surface area contributed by atoms with Crippen molar-refractivity contribution in [2.45, 2.75) is 13.8 Å². The first-order valence-corrected chi connectivity index (χ1v) is 6.76. The molecule has 3 nitrogen and oxygen atoms in total. The number of aryl methyl sites for hydroxylation is 1. The maximum atomic E-state index is 4.75. The van der Waals surface area contributed by atoms with Crippen LogP contribution in [0.4, 0.5) is 17.1 Å². The van der Waals surface area contributed by atoms with E-state index < -0.39 is 0 Å². The monoisotopic (exact) mass is 267 g/mol. The second-order valence-corrected chi connectivity index (χ2v) is 4.78. The van der Waals surface area contributed by atoms with E-state index in [0.29, 0.717) is 0 Å². The summed E-state index contributed by atoms with van der Waals surface area (Å²) in [4.78, 5) is 4.75. The molecule has 2 aromatic rings. The van der Waals surface area contributed by atoms with Gasteiger partial charge in [-0.15, -0.1) is 0 Å². The number of benzene rings is 2. The van der Waals surface area contributed by atoms with Crippen molar-refractivity contribution in [3.63, 3.8) is 0 Å². The summed E-state index contributed by atoms with van der Waals surface area (Å²) in [6.45, 7) is 4.12. The zero-order valence-corrected chi connectivity index (χ0v) is 12.5. The van der Waals surface area contributed by atoms with Gasteiger partial charge in [0.1, 0.15) is 0 Å². The van der Waals surface area contributed by atoms with Crippen molar-refractivity contribution in [1.29, 1.82) is 0 Å². The van der Waals surface area contributed by atoms with E-state index in [9.17, 15) is 0 Å². The number of hydrogen-bond donors (Lipinski definition) is 2. The van der Waals surface area contributed by atoms with Crippen molar-refractivity contribution >= 4 is 22.8 Å². The molecule has 0 spiro atoms. The molecule has 20 heavy (non-hydrogen) atoms. The minimum atomic E-state index is 1.01. The highest BCUT2D eigenvalue weighted by molar-refractivity contribution is 6.00. The van der Waals surface area contributed by atoms with Crippen molar-refractivity contribution in [3.05, 3.63) is 53.6 Å². The summed E-state index contributed by atoms with van der Waals surface area (Å²) in [5.41, 5.74) is 6.52. The van der Waals surface area contributed by atoms with Crippen LogP contribution >= 0.6 is 0 Å².